The zero-order valence-electron chi connectivity index (χ0n) is 11.4. The highest BCUT2D eigenvalue weighted by Gasteiger charge is 2.17. The summed E-state index contributed by atoms with van der Waals surface area (Å²) < 4.78 is 10.3. The van der Waals surface area contributed by atoms with Crippen LogP contribution in [0.15, 0.2) is 0 Å². The maximum Gasteiger partial charge on any atom is 0.322 e. The first-order chi connectivity index (χ1) is 7.76. The van der Waals surface area contributed by atoms with Gasteiger partial charge in [0, 0.05) is 6.54 Å². The number of aliphatic hydroxyl groups excluding tert-OH is 1. The molecule has 0 aromatic carbocycles. The maximum absolute atomic E-state index is 11.3. The minimum Gasteiger partial charge on any atom is -0.465 e. The molecule has 102 valence electrons. The van der Waals surface area contributed by atoms with E-state index in [2.05, 4.69) is 5.32 Å². The van der Waals surface area contributed by atoms with Gasteiger partial charge in [-0.05, 0) is 34.6 Å². The summed E-state index contributed by atoms with van der Waals surface area (Å²) in [6.45, 7) is 10.1. The Hall–Kier alpha value is -0.650. The standard InChI is InChI=1S/C12H25NO4/c1-6-16-11(15)9(2)13-7-10(14)8-17-12(3,4)5/h9-10,13-14H,6-8H2,1-5H3. The second-order valence-electron chi connectivity index (χ2n) is 4.96. The third-order valence-corrected chi connectivity index (χ3v) is 2.01. The van der Waals surface area contributed by atoms with Gasteiger partial charge in [-0.1, -0.05) is 0 Å². The molecule has 0 spiro atoms. The first-order valence-corrected chi connectivity index (χ1v) is 5.98. The fraction of sp³-hybridized carbons (Fsp3) is 0.917. The van der Waals surface area contributed by atoms with Gasteiger partial charge < -0.3 is 19.9 Å². The number of aliphatic hydroxyl groups is 1. The lowest BCUT2D eigenvalue weighted by Crippen LogP contribution is -2.41. The number of carbonyl (C=O) groups is 1. The topological polar surface area (TPSA) is 67.8 Å². The van der Waals surface area contributed by atoms with Gasteiger partial charge in [0.1, 0.15) is 6.04 Å². The molecule has 0 aromatic rings. The van der Waals surface area contributed by atoms with Crippen LogP contribution in [0.25, 0.3) is 0 Å². The highest BCUT2D eigenvalue weighted by Crippen LogP contribution is 2.06. The second-order valence-corrected chi connectivity index (χ2v) is 4.96. The SMILES string of the molecule is CCOC(=O)C(C)NCC(O)COC(C)(C)C. The average Bonchev–Trinajstić information content (AvgIpc) is 2.22. The number of carbonyl (C=O) groups excluding carboxylic acids is 1. The Morgan fingerprint density at radius 1 is 1.41 bits per heavy atom. The van der Waals surface area contributed by atoms with Crippen molar-refractivity contribution in [3.63, 3.8) is 0 Å². The van der Waals surface area contributed by atoms with Gasteiger partial charge in [0.05, 0.1) is 24.9 Å². The number of rotatable bonds is 7. The van der Waals surface area contributed by atoms with Gasteiger partial charge in [0.25, 0.3) is 0 Å². The Balaban J connectivity index is 3.76. The summed E-state index contributed by atoms with van der Waals surface area (Å²) in [7, 11) is 0. The molecule has 0 aliphatic carbocycles. The molecule has 17 heavy (non-hydrogen) atoms. The summed E-state index contributed by atoms with van der Waals surface area (Å²) in [5.74, 6) is -0.309. The summed E-state index contributed by atoms with van der Waals surface area (Å²) in [5, 5.41) is 12.5. The Morgan fingerprint density at radius 2 is 2.00 bits per heavy atom. The average molecular weight is 247 g/mol. The number of hydrogen-bond acceptors (Lipinski definition) is 5. The third kappa shape index (κ3) is 9.09. The lowest BCUT2D eigenvalue weighted by Gasteiger charge is -2.22. The summed E-state index contributed by atoms with van der Waals surface area (Å²) in [6, 6.07) is -0.417. The smallest absolute Gasteiger partial charge is 0.322 e. The lowest BCUT2D eigenvalue weighted by atomic mass is 10.2. The monoisotopic (exact) mass is 247 g/mol. The molecule has 5 nitrogen and oxygen atoms in total. The van der Waals surface area contributed by atoms with Crippen LogP contribution >= 0.6 is 0 Å². The van der Waals surface area contributed by atoms with Gasteiger partial charge in [-0.15, -0.1) is 0 Å². The zero-order valence-corrected chi connectivity index (χ0v) is 11.4. The van der Waals surface area contributed by atoms with Crippen LogP contribution < -0.4 is 5.32 Å². The van der Waals surface area contributed by atoms with Crippen molar-refractivity contribution in [2.75, 3.05) is 19.8 Å². The van der Waals surface area contributed by atoms with E-state index in [0.29, 0.717) is 13.2 Å². The van der Waals surface area contributed by atoms with E-state index in [0.717, 1.165) is 0 Å². The first kappa shape index (κ1) is 16.4. The van der Waals surface area contributed by atoms with Crippen molar-refractivity contribution in [2.24, 2.45) is 0 Å². The number of hydrogen-bond donors (Lipinski definition) is 2. The molecule has 0 fully saturated rings. The van der Waals surface area contributed by atoms with E-state index in [1.807, 2.05) is 20.8 Å². The lowest BCUT2D eigenvalue weighted by molar-refractivity contribution is -0.145. The van der Waals surface area contributed by atoms with Crippen molar-refractivity contribution in [1.29, 1.82) is 0 Å². The van der Waals surface area contributed by atoms with Crippen LogP contribution in [0.4, 0.5) is 0 Å². The highest BCUT2D eigenvalue weighted by atomic mass is 16.5. The molecule has 0 saturated heterocycles. The van der Waals surface area contributed by atoms with Crippen LogP contribution in [-0.2, 0) is 14.3 Å². The van der Waals surface area contributed by atoms with Crippen molar-refractivity contribution >= 4 is 5.97 Å². The fourth-order valence-corrected chi connectivity index (χ4v) is 1.07. The molecule has 0 aliphatic heterocycles. The van der Waals surface area contributed by atoms with Gasteiger partial charge in [0.15, 0.2) is 0 Å². The van der Waals surface area contributed by atoms with Crippen molar-refractivity contribution in [2.45, 2.75) is 52.4 Å². The van der Waals surface area contributed by atoms with Crippen molar-refractivity contribution in [1.82, 2.24) is 5.32 Å². The molecule has 2 unspecified atom stereocenters. The molecule has 0 saturated carbocycles. The van der Waals surface area contributed by atoms with E-state index in [4.69, 9.17) is 9.47 Å². The molecule has 2 N–H and O–H groups in total. The molecule has 5 heteroatoms. The summed E-state index contributed by atoms with van der Waals surface area (Å²) in [5.41, 5.74) is -0.270. The maximum atomic E-state index is 11.3. The molecule has 0 aliphatic rings. The van der Waals surface area contributed by atoms with Gasteiger partial charge in [0.2, 0.25) is 0 Å². The van der Waals surface area contributed by atoms with Crippen molar-refractivity contribution in [3.05, 3.63) is 0 Å². The molecule has 0 heterocycles. The Labute approximate surface area is 103 Å². The molecule has 0 aromatic heterocycles. The van der Waals surface area contributed by atoms with Gasteiger partial charge >= 0.3 is 5.97 Å². The molecule has 0 radical (unpaired) electrons. The number of esters is 1. The molecular formula is C12H25NO4. The number of ether oxygens (including phenoxy) is 2. The quantitative estimate of drug-likeness (QED) is 0.648. The van der Waals surface area contributed by atoms with Crippen LogP contribution in [0, 0.1) is 0 Å². The van der Waals surface area contributed by atoms with Gasteiger partial charge in [-0.3, -0.25) is 4.79 Å². The molecule has 0 amide bonds. The fourth-order valence-electron chi connectivity index (χ4n) is 1.07. The van der Waals surface area contributed by atoms with E-state index < -0.39 is 12.1 Å². The molecule has 0 rings (SSSR count). The molecule has 2 atom stereocenters. The molecule has 0 bridgehead atoms. The van der Waals surface area contributed by atoms with E-state index >= 15 is 0 Å². The number of nitrogens with one attached hydrogen (secondary N) is 1. The Morgan fingerprint density at radius 3 is 2.47 bits per heavy atom. The zero-order chi connectivity index (χ0) is 13.5. The van der Waals surface area contributed by atoms with Crippen LogP contribution in [0.3, 0.4) is 0 Å². The van der Waals surface area contributed by atoms with Crippen LogP contribution in [0.1, 0.15) is 34.6 Å². The van der Waals surface area contributed by atoms with Crippen LogP contribution in [0.5, 0.6) is 0 Å². The minimum atomic E-state index is -0.633. The molecular weight excluding hydrogens is 222 g/mol. The highest BCUT2D eigenvalue weighted by molar-refractivity contribution is 5.75. The van der Waals surface area contributed by atoms with Crippen molar-refractivity contribution < 1.29 is 19.4 Å². The van der Waals surface area contributed by atoms with E-state index in [1.165, 1.54) is 0 Å². The normalized spacial score (nSPS) is 15.4. The van der Waals surface area contributed by atoms with Crippen LogP contribution in [0.2, 0.25) is 0 Å². The Bertz CT molecular complexity index is 225. The third-order valence-electron chi connectivity index (χ3n) is 2.01. The van der Waals surface area contributed by atoms with Gasteiger partial charge in [-0.25, -0.2) is 0 Å². The summed E-state index contributed by atoms with van der Waals surface area (Å²) >= 11 is 0. The summed E-state index contributed by atoms with van der Waals surface area (Å²) in [6.07, 6.45) is -0.633. The predicted octanol–water partition coefficient (Wildman–Crippen LogP) is 0.704. The predicted molar refractivity (Wildman–Crippen MR) is 65.8 cm³/mol. The first-order valence-electron chi connectivity index (χ1n) is 5.98. The van der Waals surface area contributed by atoms with Crippen molar-refractivity contribution in [3.8, 4) is 0 Å². The van der Waals surface area contributed by atoms with E-state index in [1.54, 1.807) is 13.8 Å². The summed E-state index contributed by atoms with van der Waals surface area (Å²) in [4.78, 5) is 11.3. The van der Waals surface area contributed by atoms with Gasteiger partial charge in [-0.2, -0.15) is 0 Å². The largest absolute Gasteiger partial charge is 0.465 e. The minimum absolute atomic E-state index is 0.242. The second kappa shape index (κ2) is 7.63. The van der Waals surface area contributed by atoms with Crippen LogP contribution in [-0.4, -0.2) is 48.6 Å². The Kier molecular flexibility index (Phi) is 7.34. The van der Waals surface area contributed by atoms with E-state index in [-0.39, 0.29) is 18.2 Å². The van der Waals surface area contributed by atoms with E-state index in [9.17, 15) is 9.90 Å².